The van der Waals surface area contributed by atoms with Crippen LogP contribution in [0.25, 0.3) is 27.1 Å². The molecular formula is C60H48N2. The number of allylic oxidation sites excluding steroid dienone is 11. The van der Waals surface area contributed by atoms with Gasteiger partial charge in [0.15, 0.2) is 0 Å². The van der Waals surface area contributed by atoms with E-state index in [9.17, 15) is 0 Å². The SMILES string of the molecule is CC1C=CC=CC1N(c1ccc2c(c1)C1(C3=C(/C=C\CC/C=C/3)c3ccccc31)C1C=C(N(c3ccccc3)c3cccc4ccccc34)C=CC21)c1cccc2ccccc12. The van der Waals surface area contributed by atoms with Crippen LogP contribution in [-0.4, -0.2) is 6.04 Å². The number of benzene rings is 7. The number of hydrogen-bond acceptors (Lipinski definition) is 2. The van der Waals surface area contributed by atoms with E-state index in [2.05, 4.69) is 241 Å². The van der Waals surface area contributed by atoms with Crippen molar-refractivity contribution in [3.05, 3.63) is 258 Å². The van der Waals surface area contributed by atoms with Crippen LogP contribution in [0.3, 0.4) is 0 Å². The molecule has 2 nitrogen and oxygen atoms in total. The van der Waals surface area contributed by atoms with Crippen molar-refractivity contribution in [2.75, 3.05) is 9.80 Å². The van der Waals surface area contributed by atoms with E-state index in [0.717, 1.165) is 18.5 Å². The molecule has 298 valence electrons. The first-order valence-electron chi connectivity index (χ1n) is 22.4. The fourth-order valence-corrected chi connectivity index (χ4v) is 11.5. The van der Waals surface area contributed by atoms with Gasteiger partial charge in [-0.05, 0) is 105 Å². The van der Waals surface area contributed by atoms with Gasteiger partial charge in [0, 0.05) is 45.4 Å². The second-order valence-electron chi connectivity index (χ2n) is 17.5. The Labute approximate surface area is 365 Å². The van der Waals surface area contributed by atoms with Crippen LogP contribution in [-0.2, 0) is 5.41 Å². The average molecular weight is 797 g/mol. The molecule has 7 aromatic carbocycles. The Hall–Kier alpha value is -7.16. The minimum absolute atomic E-state index is 0.113. The first-order chi connectivity index (χ1) is 30.7. The largest absolute Gasteiger partial charge is 0.333 e. The van der Waals surface area contributed by atoms with E-state index in [4.69, 9.17) is 0 Å². The minimum Gasteiger partial charge on any atom is -0.333 e. The summed E-state index contributed by atoms with van der Waals surface area (Å²) in [6.45, 7) is 2.35. The molecule has 0 radical (unpaired) electrons. The van der Waals surface area contributed by atoms with Gasteiger partial charge >= 0.3 is 0 Å². The lowest BCUT2D eigenvalue weighted by atomic mass is 9.64. The molecule has 0 amide bonds. The molecule has 0 saturated heterocycles. The van der Waals surface area contributed by atoms with E-state index in [1.165, 1.54) is 77.7 Å². The highest BCUT2D eigenvalue weighted by atomic mass is 15.2. The zero-order valence-electron chi connectivity index (χ0n) is 35.0. The minimum atomic E-state index is -0.435. The topological polar surface area (TPSA) is 6.48 Å². The summed E-state index contributed by atoms with van der Waals surface area (Å²) in [5, 5.41) is 5.00. The molecule has 1 spiro atoms. The van der Waals surface area contributed by atoms with Gasteiger partial charge in [0.25, 0.3) is 0 Å². The van der Waals surface area contributed by atoms with Crippen LogP contribution in [0.1, 0.15) is 47.9 Å². The molecule has 0 N–H and O–H groups in total. The molecule has 0 saturated carbocycles. The van der Waals surface area contributed by atoms with E-state index in [0.29, 0.717) is 5.92 Å². The van der Waals surface area contributed by atoms with Crippen molar-refractivity contribution in [3.8, 4) is 0 Å². The van der Waals surface area contributed by atoms with Gasteiger partial charge in [-0.3, -0.25) is 0 Å². The number of para-hydroxylation sites is 1. The number of anilines is 4. The lowest BCUT2D eigenvalue weighted by molar-refractivity contribution is 0.459. The van der Waals surface area contributed by atoms with Gasteiger partial charge < -0.3 is 9.80 Å². The second-order valence-corrected chi connectivity index (χ2v) is 17.5. The molecule has 5 aliphatic carbocycles. The van der Waals surface area contributed by atoms with Crippen molar-refractivity contribution in [1.82, 2.24) is 0 Å². The van der Waals surface area contributed by atoms with Crippen molar-refractivity contribution in [1.29, 1.82) is 0 Å². The van der Waals surface area contributed by atoms with E-state index in [-0.39, 0.29) is 17.9 Å². The molecule has 0 aliphatic heterocycles. The van der Waals surface area contributed by atoms with Crippen LogP contribution in [0.15, 0.2) is 236 Å². The molecule has 5 aliphatic rings. The van der Waals surface area contributed by atoms with Crippen molar-refractivity contribution in [2.24, 2.45) is 11.8 Å². The molecule has 5 atom stereocenters. The first kappa shape index (κ1) is 36.7. The lowest BCUT2D eigenvalue weighted by Crippen LogP contribution is -2.36. The van der Waals surface area contributed by atoms with Gasteiger partial charge in [0.2, 0.25) is 0 Å². The van der Waals surface area contributed by atoms with Crippen LogP contribution in [0.5, 0.6) is 0 Å². The summed E-state index contributed by atoms with van der Waals surface area (Å²) in [7, 11) is 0. The van der Waals surface area contributed by atoms with Crippen LogP contribution < -0.4 is 9.80 Å². The van der Waals surface area contributed by atoms with Crippen molar-refractivity contribution in [2.45, 2.75) is 37.1 Å². The Kier molecular flexibility index (Phi) is 8.74. The van der Waals surface area contributed by atoms with Gasteiger partial charge in [0.1, 0.15) is 0 Å². The maximum atomic E-state index is 2.64. The Bertz CT molecular complexity index is 3130. The average Bonchev–Trinajstić information content (AvgIpc) is 3.75. The van der Waals surface area contributed by atoms with Gasteiger partial charge in [-0.2, -0.15) is 0 Å². The molecule has 12 rings (SSSR count). The Morgan fingerprint density at radius 3 is 2.03 bits per heavy atom. The van der Waals surface area contributed by atoms with Crippen LogP contribution in [0.2, 0.25) is 0 Å². The predicted molar refractivity (Wildman–Crippen MR) is 261 cm³/mol. The quantitative estimate of drug-likeness (QED) is 0.165. The highest BCUT2D eigenvalue weighted by Crippen LogP contribution is 2.66. The Balaban J connectivity index is 1.12. The summed E-state index contributed by atoms with van der Waals surface area (Å²) in [4.78, 5) is 5.12. The highest BCUT2D eigenvalue weighted by molar-refractivity contribution is 5.99. The number of hydrogen-bond donors (Lipinski definition) is 0. The summed E-state index contributed by atoms with van der Waals surface area (Å²) in [6, 6.07) is 59.0. The lowest BCUT2D eigenvalue weighted by Gasteiger charge is -2.40. The van der Waals surface area contributed by atoms with Crippen LogP contribution in [0.4, 0.5) is 22.7 Å². The third-order valence-corrected chi connectivity index (χ3v) is 14.2. The molecular weight excluding hydrogens is 749 g/mol. The molecule has 5 unspecified atom stereocenters. The molecule has 0 bridgehead atoms. The van der Waals surface area contributed by atoms with Gasteiger partial charge in [0.05, 0.1) is 17.1 Å². The molecule has 2 heteroatoms. The summed E-state index contributed by atoms with van der Waals surface area (Å²) in [5.74, 6) is 0.607. The fraction of sp³-hybridized carbons (Fsp3) is 0.133. The highest BCUT2D eigenvalue weighted by Gasteiger charge is 2.58. The standard InChI is InChI=1S/C60H48N2/c1-41-19-9-16-32-57(41)62(59-34-18-23-43-21-11-13-27-48(43)59)46-36-38-52-51-37-35-45(61(44-24-5-4-6-25-44)58-33-17-22-42-20-10-12-26-47(42)58)39-55(51)60(56(52)40-46)53-30-8-3-2-7-28-49(53)50-29-14-15-31-54(50)60/h4-41,51,55,57H,2-3H2,1H3/b28-7-,30-8+. The van der Waals surface area contributed by atoms with Crippen molar-refractivity contribution >= 4 is 49.9 Å². The summed E-state index contributed by atoms with van der Waals surface area (Å²) < 4.78 is 0. The number of fused-ring (bicyclic) bond motifs is 11. The van der Waals surface area contributed by atoms with E-state index >= 15 is 0 Å². The Morgan fingerprint density at radius 1 is 0.548 bits per heavy atom. The molecule has 7 aromatic rings. The van der Waals surface area contributed by atoms with Crippen LogP contribution in [0, 0.1) is 11.8 Å². The summed E-state index contributed by atoms with van der Waals surface area (Å²) in [6.07, 6.45) is 28.6. The molecule has 62 heavy (non-hydrogen) atoms. The number of rotatable bonds is 6. The molecule has 0 fully saturated rings. The fourth-order valence-electron chi connectivity index (χ4n) is 11.5. The monoisotopic (exact) mass is 796 g/mol. The van der Waals surface area contributed by atoms with Crippen molar-refractivity contribution in [3.63, 3.8) is 0 Å². The summed E-state index contributed by atoms with van der Waals surface area (Å²) >= 11 is 0. The maximum absolute atomic E-state index is 2.64. The van der Waals surface area contributed by atoms with Crippen molar-refractivity contribution < 1.29 is 0 Å². The third kappa shape index (κ3) is 5.56. The van der Waals surface area contributed by atoms with Gasteiger partial charge in [-0.25, -0.2) is 0 Å². The Morgan fingerprint density at radius 2 is 1.23 bits per heavy atom. The normalized spacial score (nSPS) is 23.9. The van der Waals surface area contributed by atoms with E-state index < -0.39 is 5.41 Å². The van der Waals surface area contributed by atoms with E-state index in [1.807, 2.05) is 0 Å². The van der Waals surface area contributed by atoms with Gasteiger partial charge in [-0.15, -0.1) is 0 Å². The number of nitrogens with zero attached hydrogens (tertiary/aromatic N) is 2. The zero-order chi connectivity index (χ0) is 41.2. The smallest absolute Gasteiger partial charge is 0.0585 e. The first-order valence-corrected chi connectivity index (χ1v) is 22.4. The van der Waals surface area contributed by atoms with Crippen LogP contribution >= 0.6 is 0 Å². The van der Waals surface area contributed by atoms with E-state index in [1.54, 1.807) is 0 Å². The predicted octanol–water partition coefficient (Wildman–Crippen LogP) is 15.2. The molecule has 0 aromatic heterocycles. The van der Waals surface area contributed by atoms with Gasteiger partial charge in [-0.1, -0.05) is 189 Å². The second kappa shape index (κ2) is 14.8. The summed E-state index contributed by atoms with van der Waals surface area (Å²) in [5.41, 5.74) is 13.9. The zero-order valence-corrected chi connectivity index (χ0v) is 35.0. The maximum Gasteiger partial charge on any atom is 0.0585 e. The third-order valence-electron chi connectivity index (χ3n) is 14.2. The molecule has 0 heterocycles.